The average Bonchev–Trinajstić information content (AvgIpc) is 4.03. The van der Waals surface area contributed by atoms with Gasteiger partial charge in [0.05, 0.1) is 13.2 Å². The molecule has 63 heavy (non-hydrogen) atoms. The molecule has 0 aliphatic heterocycles. The first-order chi connectivity index (χ1) is 30.2. The molecule has 0 spiro atoms. The van der Waals surface area contributed by atoms with Crippen LogP contribution in [0.2, 0.25) is 0 Å². The van der Waals surface area contributed by atoms with Crippen LogP contribution < -0.4 is 21.5 Å². The van der Waals surface area contributed by atoms with Crippen molar-refractivity contribution >= 4 is 20.7 Å². The summed E-state index contributed by atoms with van der Waals surface area (Å²) in [5.41, 5.74) is 11.9. The van der Waals surface area contributed by atoms with E-state index in [4.69, 9.17) is 20.5 Å². The van der Waals surface area contributed by atoms with Gasteiger partial charge in [0, 0.05) is 31.1 Å². The molecule has 6 rings (SSSR count). The smallest absolute Gasteiger partial charge is 0.349 e. The molecule has 0 saturated heterocycles. The van der Waals surface area contributed by atoms with E-state index in [9.17, 15) is 4.79 Å². The fourth-order valence-corrected chi connectivity index (χ4v) is 9.19. The van der Waals surface area contributed by atoms with E-state index in [-0.39, 0.29) is 22.6 Å². The van der Waals surface area contributed by atoms with E-state index in [2.05, 4.69) is 148 Å². The van der Waals surface area contributed by atoms with Gasteiger partial charge in [-0.25, -0.2) is 4.79 Å². The summed E-state index contributed by atoms with van der Waals surface area (Å²) in [5, 5.41) is 10.8. The van der Waals surface area contributed by atoms with Gasteiger partial charge in [0.25, 0.3) is 0 Å². The molecule has 1 aliphatic carbocycles. The zero-order chi connectivity index (χ0) is 46.8. The lowest BCUT2D eigenvalue weighted by Gasteiger charge is -2.38. The number of nitriles is 1. The lowest BCUT2D eigenvalue weighted by Crippen LogP contribution is -2.32. The summed E-state index contributed by atoms with van der Waals surface area (Å²) in [6.07, 6.45) is 9.67. The molecule has 5 aromatic rings. The van der Waals surface area contributed by atoms with Gasteiger partial charge < -0.3 is 20.6 Å². The highest BCUT2D eigenvalue weighted by Gasteiger charge is 2.58. The molecule has 9 heteroatoms. The molecule has 1 saturated carbocycles. The van der Waals surface area contributed by atoms with Crippen LogP contribution in [0, 0.1) is 29.6 Å². The van der Waals surface area contributed by atoms with Gasteiger partial charge in [-0.3, -0.25) is 4.57 Å². The molecule has 0 radical (unpaired) electrons. The van der Waals surface area contributed by atoms with E-state index < -0.39 is 0 Å². The number of nitrogens with two attached hydrogens (primary N) is 1. The lowest BCUT2D eigenvalue weighted by atomic mass is 9.65. The van der Waals surface area contributed by atoms with Crippen LogP contribution in [0.5, 0.6) is 5.75 Å². The third kappa shape index (κ3) is 16.9. The van der Waals surface area contributed by atoms with Crippen molar-refractivity contribution in [3.05, 3.63) is 160 Å². The molecule has 0 bridgehead atoms. The Bertz CT molecular complexity index is 2100. The van der Waals surface area contributed by atoms with Crippen molar-refractivity contribution in [1.29, 1.82) is 5.26 Å². The molecule has 1 heterocycles. The first-order valence-electron chi connectivity index (χ1n) is 22.6. The molecular formula is C54H76N5O3P. The van der Waals surface area contributed by atoms with Crippen LogP contribution in [0.3, 0.4) is 0 Å². The summed E-state index contributed by atoms with van der Waals surface area (Å²) >= 11 is 0. The maximum absolute atomic E-state index is 13.1. The zero-order valence-electron chi connectivity index (χ0n) is 40.0. The lowest BCUT2D eigenvalue weighted by molar-refractivity contribution is -0.106. The Balaban J connectivity index is 0.000000565. The van der Waals surface area contributed by atoms with E-state index in [1.165, 1.54) is 34.7 Å². The first-order valence-corrected chi connectivity index (χ1v) is 23.8. The van der Waals surface area contributed by atoms with Crippen LogP contribution in [0.4, 0.5) is 5.82 Å². The fourth-order valence-electron chi connectivity index (χ4n) is 7.67. The number of hydrogen-bond donors (Lipinski definition) is 2. The number of benzene rings is 4. The second-order valence-electron chi connectivity index (χ2n) is 16.8. The summed E-state index contributed by atoms with van der Waals surface area (Å²) in [4.78, 5) is 26.2. The minimum absolute atomic E-state index is 0.0883. The number of nitrogens with zero attached hydrogens (tertiary/aromatic N) is 3. The molecule has 1 fully saturated rings. The molecule has 5 unspecified atom stereocenters. The number of methoxy groups -OCH3 is 1. The Morgan fingerprint density at radius 1 is 0.921 bits per heavy atom. The number of aryl methyl sites for hydroxylation is 2. The average molecular weight is 874 g/mol. The summed E-state index contributed by atoms with van der Waals surface area (Å²) in [6, 6.07) is 43.6. The maximum Gasteiger partial charge on any atom is 0.349 e. The number of hydrogen-bond acceptors (Lipinski definition) is 7. The minimum Gasteiger partial charge on any atom is -0.497 e. The highest BCUT2D eigenvalue weighted by Crippen LogP contribution is 2.64. The molecule has 1 aliphatic rings. The summed E-state index contributed by atoms with van der Waals surface area (Å²) in [5.74, 6) is 1.90. The normalized spacial score (nSPS) is 16.2. The summed E-state index contributed by atoms with van der Waals surface area (Å²) in [7, 11) is 4.39. The Morgan fingerprint density at radius 3 is 1.87 bits per heavy atom. The number of rotatable bonds is 15. The standard InChI is InChI=1S/C37H46N3O2P.C8H10.C4H7N.C3H9N.C2H4O/c1-26(2)43-25-36(24-33(36)40-23-21-34(38-5)39-35(40)41)28(4)20-22-37(29-10-8-7-9-11-29,30-14-12-27(3)13-15-30)31-16-18-32(42-6)19-17-31;1-2-8-6-4-3-5-7-8;1-2-3-4-5;1-3(2)4;1-2-3/h7-19,21,23,26,28,33,43H,20,22,24-25H2,1-6H3,(H,38,39,41);3-7H,2H2,1H3;2-3H2,1H3;3H,4H2,1-2H3;2H,1H3. The molecule has 1 aromatic heterocycles. The molecule has 8 nitrogen and oxygen atoms in total. The molecule has 4 aromatic carbocycles. The van der Waals surface area contributed by atoms with Crippen LogP contribution in [0.25, 0.3) is 0 Å². The monoisotopic (exact) mass is 874 g/mol. The third-order valence-electron chi connectivity index (χ3n) is 11.3. The number of ether oxygens (including phenoxy) is 1. The molecule has 340 valence electrons. The van der Waals surface area contributed by atoms with Gasteiger partial charge in [-0.05, 0) is 116 Å². The largest absolute Gasteiger partial charge is 0.497 e. The van der Waals surface area contributed by atoms with Crippen LogP contribution in [0.15, 0.2) is 126 Å². The highest BCUT2D eigenvalue weighted by atomic mass is 31.1. The van der Waals surface area contributed by atoms with Gasteiger partial charge in [-0.1, -0.05) is 151 Å². The van der Waals surface area contributed by atoms with E-state index in [0.29, 0.717) is 29.9 Å². The van der Waals surface area contributed by atoms with E-state index in [0.717, 1.165) is 58.9 Å². The predicted molar refractivity (Wildman–Crippen MR) is 269 cm³/mol. The van der Waals surface area contributed by atoms with Gasteiger partial charge in [0.2, 0.25) is 0 Å². The Hall–Kier alpha value is -5.09. The number of unbranched alkanes of at least 4 members (excludes halogenated alkanes) is 1. The van der Waals surface area contributed by atoms with E-state index in [1.807, 2.05) is 49.7 Å². The summed E-state index contributed by atoms with van der Waals surface area (Å²) in [6.45, 7) is 18.7. The molecule has 3 N–H and O–H groups in total. The zero-order valence-corrected chi connectivity index (χ0v) is 41.0. The van der Waals surface area contributed by atoms with Gasteiger partial charge >= 0.3 is 5.69 Å². The number of nitrogens with one attached hydrogen (secondary N) is 1. The maximum atomic E-state index is 13.1. The Labute approximate surface area is 381 Å². The van der Waals surface area contributed by atoms with Gasteiger partial charge in [0.15, 0.2) is 0 Å². The van der Waals surface area contributed by atoms with Crippen LogP contribution >= 0.6 is 8.58 Å². The van der Waals surface area contributed by atoms with Gasteiger partial charge in [-0.15, -0.1) is 8.58 Å². The van der Waals surface area contributed by atoms with Crippen LogP contribution in [-0.4, -0.2) is 47.9 Å². The van der Waals surface area contributed by atoms with Gasteiger partial charge in [0.1, 0.15) is 17.9 Å². The number of carbonyl (C=O) groups excluding carboxylic acids is 1. The molecule has 5 atom stereocenters. The van der Waals surface area contributed by atoms with Gasteiger partial charge in [-0.2, -0.15) is 10.2 Å². The Morgan fingerprint density at radius 2 is 1.44 bits per heavy atom. The minimum atomic E-state index is -0.325. The van der Waals surface area contributed by atoms with Crippen molar-refractivity contribution in [2.75, 3.05) is 25.6 Å². The van der Waals surface area contributed by atoms with Crippen LogP contribution in [0.1, 0.15) is 121 Å². The quantitative estimate of drug-likeness (QED) is 0.0610. The predicted octanol–water partition coefficient (Wildman–Crippen LogP) is 12.2. The Kier molecular flexibility index (Phi) is 24.5. The molecule has 0 amide bonds. The van der Waals surface area contributed by atoms with Crippen molar-refractivity contribution in [3.8, 4) is 11.8 Å². The number of carbonyl (C=O) groups is 1. The van der Waals surface area contributed by atoms with Crippen LogP contribution in [-0.2, 0) is 16.6 Å². The van der Waals surface area contributed by atoms with E-state index >= 15 is 0 Å². The number of aldehydes is 1. The second-order valence-corrected chi connectivity index (χ2v) is 18.7. The van der Waals surface area contributed by atoms with Crippen molar-refractivity contribution in [1.82, 2.24) is 9.55 Å². The SMILES string of the molecule is CC(C)N.CC=O.CCCC#N.CCc1ccccc1.CNc1ccn(C2CC2(CPC(C)C)C(C)CCC(c2ccccc2)(c2ccc(C)cc2)c2ccc(OC)cc2)c(=O)n1. The van der Waals surface area contributed by atoms with Crippen molar-refractivity contribution in [2.24, 2.45) is 17.1 Å². The first kappa shape index (κ1) is 54.0. The number of anilines is 1. The third-order valence-corrected chi connectivity index (χ3v) is 13.0. The van der Waals surface area contributed by atoms with E-state index in [1.54, 1.807) is 14.2 Å². The van der Waals surface area contributed by atoms with Crippen molar-refractivity contribution < 1.29 is 9.53 Å². The number of aromatic nitrogens is 2. The van der Waals surface area contributed by atoms with Crippen molar-refractivity contribution in [3.63, 3.8) is 0 Å². The highest BCUT2D eigenvalue weighted by molar-refractivity contribution is 7.38. The summed E-state index contributed by atoms with van der Waals surface area (Å²) < 4.78 is 7.45. The second kappa shape index (κ2) is 28.6. The fraction of sp³-hybridized carbons (Fsp3) is 0.444. The van der Waals surface area contributed by atoms with Crippen molar-refractivity contribution in [2.45, 2.75) is 124 Å². The topological polar surface area (TPSA) is 123 Å². The molecular weight excluding hydrogens is 798 g/mol.